The molecule has 3 aromatic carbocycles. The van der Waals surface area contributed by atoms with Crippen LogP contribution in [0.1, 0.15) is 52.7 Å². The van der Waals surface area contributed by atoms with Crippen molar-refractivity contribution >= 4 is 34.1 Å². The van der Waals surface area contributed by atoms with Crippen LogP contribution in [-0.4, -0.2) is 24.2 Å². The second-order valence-corrected chi connectivity index (χ2v) is 9.69. The third-order valence-electron chi connectivity index (χ3n) is 6.89. The first kappa shape index (κ1) is 25.2. The summed E-state index contributed by atoms with van der Waals surface area (Å²) in [4.78, 5) is 26.4. The van der Waals surface area contributed by atoms with Gasteiger partial charge in [-0.15, -0.1) is 0 Å². The Hall–Kier alpha value is -3.92. The molecule has 4 rings (SSSR count). The zero-order chi connectivity index (χ0) is 25.8. The fraction of sp³-hybridized carbons (Fsp3) is 0.345. The Bertz CT molecular complexity index is 1320. The number of fused-ring (bicyclic) bond motifs is 1. The van der Waals surface area contributed by atoms with Crippen LogP contribution in [-0.2, 0) is 0 Å². The number of nitrogens with one attached hydrogen (secondary N) is 3. The molecule has 1 aliphatic rings. The van der Waals surface area contributed by atoms with Crippen LogP contribution in [0.3, 0.4) is 0 Å². The molecule has 0 saturated heterocycles. The van der Waals surface area contributed by atoms with Gasteiger partial charge in [0.25, 0.3) is 5.91 Å². The first-order valence-corrected chi connectivity index (χ1v) is 12.3. The van der Waals surface area contributed by atoms with E-state index in [1.807, 2.05) is 57.2 Å². The van der Waals surface area contributed by atoms with Crippen LogP contribution in [0.2, 0.25) is 0 Å². The van der Waals surface area contributed by atoms with E-state index in [2.05, 4.69) is 22.0 Å². The van der Waals surface area contributed by atoms with Gasteiger partial charge in [-0.2, -0.15) is 5.26 Å². The largest absolute Gasteiger partial charge is 0.336 e. The summed E-state index contributed by atoms with van der Waals surface area (Å²) in [6.45, 7) is 5.87. The Morgan fingerprint density at radius 2 is 1.56 bits per heavy atom. The van der Waals surface area contributed by atoms with Gasteiger partial charge in [0, 0.05) is 5.69 Å². The number of carbonyl (C=O) groups is 2. The van der Waals surface area contributed by atoms with Crippen molar-refractivity contribution in [2.24, 2.45) is 5.92 Å². The van der Waals surface area contributed by atoms with Gasteiger partial charge in [-0.3, -0.25) is 4.79 Å². The van der Waals surface area contributed by atoms with Crippen molar-refractivity contribution in [1.29, 1.82) is 5.26 Å². The van der Waals surface area contributed by atoms with Gasteiger partial charge >= 0.3 is 6.03 Å². The molecule has 36 heavy (non-hydrogen) atoms. The van der Waals surface area contributed by atoms with Gasteiger partial charge in [0.1, 0.15) is 12.2 Å². The zero-order valence-electron chi connectivity index (χ0n) is 20.8. The average molecular weight is 487 g/mol. The third-order valence-corrected chi connectivity index (χ3v) is 6.89. The number of benzene rings is 3. The van der Waals surface area contributed by atoms with Crippen LogP contribution in [0.4, 0.5) is 20.6 Å². The predicted octanol–water partition coefficient (Wildman–Crippen LogP) is 6.56. The molecule has 0 heterocycles. The zero-order valence-corrected chi connectivity index (χ0v) is 20.8. The lowest BCUT2D eigenvalue weighted by Crippen LogP contribution is -2.41. The maximum atomic E-state index is 13.6. The van der Waals surface area contributed by atoms with Crippen molar-refractivity contribution in [3.8, 4) is 6.07 Å². The highest BCUT2D eigenvalue weighted by Gasteiger charge is 2.29. The molecule has 0 aromatic heterocycles. The fourth-order valence-corrected chi connectivity index (χ4v) is 5.06. The molecule has 1 saturated carbocycles. The number of nitriles is 1. The molecule has 7 heteroatoms. The quantitative estimate of drug-likeness (QED) is 0.381. The van der Waals surface area contributed by atoms with Gasteiger partial charge in [0.05, 0.1) is 17.3 Å². The summed E-state index contributed by atoms with van der Waals surface area (Å²) in [5, 5.41) is 20.0. The molecule has 3 amide bonds. The molecule has 0 bridgehead atoms. The lowest BCUT2D eigenvalue weighted by atomic mass is 9.83. The highest BCUT2D eigenvalue weighted by atomic mass is 19.1. The summed E-state index contributed by atoms with van der Waals surface area (Å²) in [5.41, 5.74) is 4.32. The number of rotatable bonds is 5. The SMILES string of the molecule is Cc1cc(C)c(NC(=O)Nc2cc3ccccc3cc2C(=O)N[C@H](C#N)C2CCC(F)CC2)c(C)c1. The minimum atomic E-state index is -0.841. The van der Waals surface area contributed by atoms with Crippen molar-refractivity contribution in [2.75, 3.05) is 10.6 Å². The van der Waals surface area contributed by atoms with Gasteiger partial charge in [-0.25, -0.2) is 9.18 Å². The van der Waals surface area contributed by atoms with Gasteiger partial charge in [-0.1, -0.05) is 42.0 Å². The number of alkyl halides is 1. The van der Waals surface area contributed by atoms with E-state index in [1.54, 1.807) is 12.1 Å². The second-order valence-electron chi connectivity index (χ2n) is 9.69. The van der Waals surface area contributed by atoms with Gasteiger partial charge in [-0.05, 0) is 86.4 Å². The molecule has 0 spiro atoms. The summed E-state index contributed by atoms with van der Waals surface area (Å²) in [6, 6.07) is 16.0. The minimum absolute atomic E-state index is 0.0985. The van der Waals surface area contributed by atoms with Crippen molar-refractivity contribution in [2.45, 2.75) is 58.7 Å². The Morgan fingerprint density at radius 3 is 2.17 bits per heavy atom. The standard InChI is InChI=1S/C29H31FN4O2/c1-17-12-18(2)27(19(3)13-17)34-29(36)33-25-15-22-7-5-4-6-21(22)14-24(25)28(35)32-26(16-31)20-8-10-23(30)11-9-20/h4-7,12-15,20,23,26H,8-11H2,1-3H3,(H,32,35)(H2,33,34,36)/t20?,23?,26-/m1/s1. The summed E-state index contributed by atoms with van der Waals surface area (Å²) in [6.07, 6.45) is 1.08. The number of nitrogens with zero attached hydrogens (tertiary/aromatic N) is 1. The smallest absolute Gasteiger partial charge is 0.323 e. The second kappa shape index (κ2) is 10.8. The van der Waals surface area contributed by atoms with Crippen molar-refractivity contribution in [1.82, 2.24) is 5.32 Å². The molecule has 186 valence electrons. The van der Waals surface area contributed by atoms with E-state index in [4.69, 9.17) is 0 Å². The normalized spacial score (nSPS) is 18.2. The third kappa shape index (κ3) is 5.65. The van der Waals surface area contributed by atoms with E-state index in [-0.39, 0.29) is 11.5 Å². The Balaban J connectivity index is 1.60. The van der Waals surface area contributed by atoms with Gasteiger partial charge < -0.3 is 16.0 Å². The molecular formula is C29H31FN4O2. The van der Waals surface area contributed by atoms with Crippen LogP contribution in [0.25, 0.3) is 10.8 Å². The number of halogens is 1. The minimum Gasteiger partial charge on any atom is -0.336 e. The van der Waals surface area contributed by atoms with Crippen molar-refractivity contribution < 1.29 is 14.0 Å². The number of urea groups is 1. The topological polar surface area (TPSA) is 94.0 Å². The molecule has 1 atom stereocenters. The predicted molar refractivity (Wildman–Crippen MR) is 141 cm³/mol. The van der Waals surface area contributed by atoms with Crippen LogP contribution in [0.5, 0.6) is 0 Å². The lowest BCUT2D eigenvalue weighted by Gasteiger charge is -2.28. The molecular weight excluding hydrogens is 455 g/mol. The van der Waals surface area contributed by atoms with E-state index < -0.39 is 24.2 Å². The van der Waals surface area contributed by atoms with Crippen molar-refractivity contribution in [3.05, 3.63) is 70.8 Å². The molecule has 1 aliphatic carbocycles. The molecule has 0 aliphatic heterocycles. The maximum absolute atomic E-state index is 13.6. The molecule has 6 nitrogen and oxygen atoms in total. The first-order valence-electron chi connectivity index (χ1n) is 12.3. The van der Waals surface area contributed by atoms with E-state index in [1.165, 1.54) is 0 Å². The van der Waals surface area contributed by atoms with Gasteiger partial charge in [0.2, 0.25) is 0 Å². The number of anilines is 2. The number of aryl methyl sites for hydroxylation is 3. The lowest BCUT2D eigenvalue weighted by molar-refractivity contribution is 0.0923. The molecule has 0 unspecified atom stereocenters. The fourth-order valence-electron chi connectivity index (χ4n) is 5.06. The molecule has 3 N–H and O–H groups in total. The summed E-state index contributed by atoms with van der Waals surface area (Å²) in [5.74, 6) is -0.550. The number of hydrogen-bond donors (Lipinski definition) is 3. The summed E-state index contributed by atoms with van der Waals surface area (Å²) in [7, 11) is 0. The van der Waals surface area contributed by atoms with Crippen molar-refractivity contribution in [3.63, 3.8) is 0 Å². The first-order chi connectivity index (χ1) is 17.2. The monoisotopic (exact) mass is 486 g/mol. The highest BCUT2D eigenvalue weighted by Crippen LogP contribution is 2.30. The highest BCUT2D eigenvalue weighted by molar-refractivity contribution is 6.10. The average Bonchev–Trinajstić information content (AvgIpc) is 2.84. The molecule has 3 aromatic rings. The Labute approximate surface area is 210 Å². The maximum Gasteiger partial charge on any atom is 0.323 e. The Morgan fingerprint density at radius 1 is 0.944 bits per heavy atom. The Kier molecular flexibility index (Phi) is 7.54. The van der Waals surface area contributed by atoms with E-state index in [0.717, 1.165) is 33.2 Å². The van der Waals surface area contributed by atoms with Crippen LogP contribution in [0.15, 0.2) is 48.5 Å². The van der Waals surface area contributed by atoms with Crippen LogP contribution >= 0.6 is 0 Å². The summed E-state index contributed by atoms with van der Waals surface area (Å²) < 4.78 is 13.6. The molecule has 0 radical (unpaired) electrons. The van der Waals surface area contributed by atoms with Crippen LogP contribution in [0, 0.1) is 38.0 Å². The summed E-state index contributed by atoms with van der Waals surface area (Å²) >= 11 is 0. The van der Waals surface area contributed by atoms with E-state index in [9.17, 15) is 19.2 Å². The molecule has 1 fully saturated rings. The number of hydrogen-bond acceptors (Lipinski definition) is 3. The number of amides is 3. The van der Waals surface area contributed by atoms with E-state index >= 15 is 0 Å². The van der Waals surface area contributed by atoms with Crippen LogP contribution < -0.4 is 16.0 Å². The van der Waals surface area contributed by atoms with Gasteiger partial charge in [0.15, 0.2) is 0 Å². The van der Waals surface area contributed by atoms with E-state index in [0.29, 0.717) is 31.4 Å². The number of carbonyl (C=O) groups excluding carboxylic acids is 2.